The molecule has 8 heteroatoms. The molecule has 1 N–H and O–H groups in total. The number of hydrogen-bond donors (Lipinski definition) is 1. The van der Waals surface area contributed by atoms with Crippen molar-refractivity contribution in [2.45, 2.75) is 6.42 Å². The van der Waals surface area contributed by atoms with Gasteiger partial charge in [0, 0.05) is 61.9 Å². The number of piperazine rings is 1. The molecule has 5 rings (SSSR count). The molecule has 182 valence electrons. The Balaban J connectivity index is 1.29. The van der Waals surface area contributed by atoms with Gasteiger partial charge >= 0.3 is 0 Å². The molecule has 2 saturated heterocycles. The lowest BCUT2D eigenvalue weighted by Gasteiger charge is -2.37. The van der Waals surface area contributed by atoms with Gasteiger partial charge in [-0.05, 0) is 49.9 Å². The highest BCUT2D eigenvalue weighted by atomic mass is 16.5. The minimum absolute atomic E-state index is 0.0167. The monoisotopic (exact) mass is 466 g/mol. The van der Waals surface area contributed by atoms with Crippen LogP contribution in [0.4, 0.5) is 17.1 Å². The highest BCUT2D eigenvalue weighted by molar-refractivity contribution is 5.93. The van der Waals surface area contributed by atoms with Crippen LogP contribution in [0.2, 0.25) is 0 Å². The summed E-state index contributed by atoms with van der Waals surface area (Å²) in [5.41, 5.74) is 4.17. The number of likely N-dealkylation sites (N-methyl/N-ethyl adjacent to an activating group) is 1. The molecular formula is C26H34N4O4. The van der Waals surface area contributed by atoms with Crippen LogP contribution in [0.15, 0.2) is 36.4 Å². The second-order valence-electron chi connectivity index (χ2n) is 9.23. The highest BCUT2D eigenvalue weighted by Crippen LogP contribution is 2.42. The van der Waals surface area contributed by atoms with E-state index in [1.54, 1.807) is 7.11 Å². The molecular weight excluding hydrogens is 432 g/mol. The first-order valence-electron chi connectivity index (χ1n) is 12.1. The van der Waals surface area contributed by atoms with Gasteiger partial charge in [0.15, 0.2) is 11.5 Å². The second-order valence-corrected chi connectivity index (χ2v) is 9.23. The van der Waals surface area contributed by atoms with E-state index in [0.717, 1.165) is 86.6 Å². The minimum atomic E-state index is -0.259. The van der Waals surface area contributed by atoms with Gasteiger partial charge in [-0.25, -0.2) is 0 Å². The van der Waals surface area contributed by atoms with Gasteiger partial charge in [0.2, 0.25) is 5.91 Å². The Hall–Kier alpha value is -2.97. The summed E-state index contributed by atoms with van der Waals surface area (Å²) in [6.45, 7) is 7.59. The van der Waals surface area contributed by atoms with Gasteiger partial charge in [0.1, 0.15) is 6.61 Å². The number of fused-ring (bicyclic) bond motifs is 1. The van der Waals surface area contributed by atoms with Crippen LogP contribution in [0.25, 0.3) is 0 Å². The van der Waals surface area contributed by atoms with Crippen LogP contribution < -0.4 is 24.6 Å². The number of ether oxygens (including phenoxy) is 3. The minimum Gasteiger partial charge on any atom is -0.493 e. The number of carbonyl (C=O) groups is 1. The topological polar surface area (TPSA) is 66.5 Å². The van der Waals surface area contributed by atoms with E-state index in [2.05, 4.69) is 45.3 Å². The molecule has 1 unspecified atom stereocenters. The first kappa shape index (κ1) is 22.8. The van der Waals surface area contributed by atoms with E-state index in [1.165, 1.54) is 0 Å². The normalized spacial score (nSPS) is 20.9. The number of anilines is 3. The van der Waals surface area contributed by atoms with Gasteiger partial charge in [-0.1, -0.05) is 0 Å². The number of nitrogens with zero attached hydrogens (tertiary/aromatic N) is 3. The zero-order valence-electron chi connectivity index (χ0n) is 20.1. The molecule has 1 amide bonds. The van der Waals surface area contributed by atoms with Crippen molar-refractivity contribution in [1.29, 1.82) is 0 Å². The Morgan fingerprint density at radius 2 is 1.71 bits per heavy atom. The number of amides is 1. The molecule has 3 aliphatic rings. The quantitative estimate of drug-likeness (QED) is 0.726. The Kier molecular flexibility index (Phi) is 6.78. The van der Waals surface area contributed by atoms with Gasteiger partial charge < -0.3 is 34.2 Å². The summed E-state index contributed by atoms with van der Waals surface area (Å²) in [7, 11) is 3.81. The summed E-state index contributed by atoms with van der Waals surface area (Å²) in [6, 6.07) is 12.1. The maximum absolute atomic E-state index is 13.2. The molecule has 0 radical (unpaired) electrons. The van der Waals surface area contributed by atoms with E-state index in [9.17, 15) is 4.79 Å². The van der Waals surface area contributed by atoms with Crippen molar-refractivity contribution in [3.63, 3.8) is 0 Å². The SMILES string of the molecule is COc1ccc(N2CCN(C)CC2)c2c1OCC(C(=O)Nc1ccc(N3CCOCC3)cc1)C2. The lowest BCUT2D eigenvalue weighted by atomic mass is 9.93. The lowest BCUT2D eigenvalue weighted by Crippen LogP contribution is -2.45. The summed E-state index contributed by atoms with van der Waals surface area (Å²) in [4.78, 5) is 20.2. The molecule has 0 spiro atoms. The zero-order chi connectivity index (χ0) is 23.5. The molecule has 34 heavy (non-hydrogen) atoms. The molecule has 1 atom stereocenters. The van der Waals surface area contributed by atoms with Crippen molar-refractivity contribution in [1.82, 2.24) is 4.90 Å². The molecule has 0 aliphatic carbocycles. The van der Waals surface area contributed by atoms with Gasteiger partial charge in [0.05, 0.1) is 26.2 Å². The average molecular weight is 467 g/mol. The number of hydrogen-bond acceptors (Lipinski definition) is 7. The summed E-state index contributed by atoms with van der Waals surface area (Å²) < 4.78 is 17.1. The van der Waals surface area contributed by atoms with Gasteiger partial charge in [-0.3, -0.25) is 4.79 Å². The number of carbonyl (C=O) groups excluding carboxylic acids is 1. The van der Waals surface area contributed by atoms with Crippen LogP contribution in [-0.2, 0) is 16.0 Å². The predicted molar refractivity (Wildman–Crippen MR) is 133 cm³/mol. The largest absolute Gasteiger partial charge is 0.493 e. The van der Waals surface area contributed by atoms with Crippen LogP contribution in [0.5, 0.6) is 11.5 Å². The van der Waals surface area contributed by atoms with E-state index >= 15 is 0 Å². The maximum Gasteiger partial charge on any atom is 0.231 e. The number of rotatable bonds is 5. The van der Waals surface area contributed by atoms with E-state index < -0.39 is 0 Å². The number of methoxy groups -OCH3 is 1. The van der Waals surface area contributed by atoms with Crippen molar-refractivity contribution < 1.29 is 19.0 Å². The molecule has 2 aromatic rings. The first-order chi connectivity index (χ1) is 16.6. The molecule has 3 aliphatic heterocycles. The fourth-order valence-electron chi connectivity index (χ4n) is 4.93. The first-order valence-corrected chi connectivity index (χ1v) is 12.1. The van der Waals surface area contributed by atoms with Crippen LogP contribution in [0.3, 0.4) is 0 Å². The van der Waals surface area contributed by atoms with E-state index in [-0.39, 0.29) is 11.8 Å². The Morgan fingerprint density at radius 1 is 0.971 bits per heavy atom. The second kappa shape index (κ2) is 10.1. The van der Waals surface area contributed by atoms with Crippen LogP contribution in [0.1, 0.15) is 5.56 Å². The number of nitrogens with one attached hydrogen (secondary N) is 1. The molecule has 3 heterocycles. The summed E-state index contributed by atoms with van der Waals surface area (Å²) >= 11 is 0. The fourth-order valence-corrected chi connectivity index (χ4v) is 4.93. The number of morpholine rings is 1. The molecule has 2 aromatic carbocycles. The maximum atomic E-state index is 13.2. The van der Waals surface area contributed by atoms with E-state index in [0.29, 0.717) is 13.0 Å². The average Bonchev–Trinajstić information content (AvgIpc) is 2.89. The summed E-state index contributed by atoms with van der Waals surface area (Å²) in [5, 5.41) is 3.09. The molecule has 0 saturated carbocycles. The van der Waals surface area contributed by atoms with E-state index in [1.807, 2.05) is 18.2 Å². The van der Waals surface area contributed by atoms with Crippen molar-refractivity contribution in [2.24, 2.45) is 5.92 Å². The predicted octanol–water partition coefficient (Wildman–Crippen LogP) is 2.47. The van der Waals surface area contributed by atoms with Crippen molar-refractivity contribution in [2.75, 3.05) is 88.4 Å². The van der Waals surface area contributed by atoms with Crippen LogP contribution in [-0.4, -0.2) is 84.1 Å². The lowest BCUT2D eigenvalue weighted by molar-refractivity contribution is -0.121. The van der Waals surface area contributed by atoms with E-state index in [4.69, 9.17) is 14.2 Å². The Bertz CT molecular complexity index is 999. The smallest absolute Gasteiger partial charge is 0.231 e. The molecule has 0 bridgehead atoms. The van der Waals surface area contributed by atoms with Crippen LogP contribution in [0, 0.1) is 5.92 Å². The zero-order valence-corrected chi connectivity index (χ0v) is 20.1. The molecule has 2 fully saturated rings. The molecule has 8 nitrogen and oxygen atoms in total. The Labute approximate surface area is 201 Å². The standard InChI is InChI=1S/C26H34N4O4/c1-28-9-11-30(12-10-28)23-7-8-24(32-2)25-22(23)17-19(18-34-25)26(31)27-20-3-5-21(6-4-20)29-13-15-33-16-14-29/h3-8,19H,9-18H2,1-2H3,(H,27,31). The summed E-state index contributed by atoms with van der Waals surface area (Å²) in [5.74, 6) is 1.23. The molecule has 0 aromatic heterocycles. The number of benzene rings is 2. The third-order valence-corrected chi connectivity index (χ3v) is 7.02. The summed E-state index contributed by atoms with van der Waals surface area (Å²) in [6.07, 6.45) is 0.631. The van der Waals surface area contributed by atoms with Crippen molar-refractivity contribution >= 4 is 23.0 Å². The highest BCUT2D eigenvalue weighted by Gasteiger charge is 2.32. The van der Waals surface area contributed by atoms with Gasteiger partial charge in [0.25, 0.3) is 0 Å². The van der Waals surface area contributed by atoms with Crippen LogP contribution >= 0.6 is 0 Å². The third-order valence-electron chi connectivity index (χ3n) is 7.02. The van der Waals surface area contributed by atoms with Crippen molar-refractivity contribution in [3.05, 3.63) is 42.0 Å². The third kappa shape index (κ3) is 4.79. The van der Waals surface area contributed by atoms with Gasteiger partial charge in [-0.15, -0.1) is 0 Å². The van der Waals surface area contributed by atoms with Gasteiger partial charge in [-0.2, -0.15) is 0 Å². The Morgan fingerprint density at radius 3 is 2.41 bits per heavy atom. The van der Waals surface area contributed by atoms with Crippen molar-refractivity contribution in [3.8, 4) is 11.5 Å². The fraction of sp³-hybridized carbons (Fsp3) is 0.500.